The van der Waals surface area contributed by atoms with Crippen LogP contribution in [0.2, 0.25) is 0 Å². The van der Waals surface area contributed by atoms with Gasteiger partial charge in [-0.2, -0.15) is 0 Å². The summed E-state index contributed by atoms with van der Waals surface area (Å²) in [5.74, 6) is -0.0313. The topological polar surface area (TPSA) is 73.8 Å². The van der Waals surface area contributed by atoms with E-state index in [1.807, 2.05) is 0 Å². The lowest BCUT2D eigenvalue weighted by Gasteiger charge is -2.05. The number of nitrogens with zero attached hydrogens (tertiary/aromatic N) is 4. The molecular weight excluding hydrogens is 331 g/mol. The van der Waals surface area contributed by atoms with Crippen LogP contribution in [-0.2, 0) is 7.05 Å². The van der Waals surface area contributed by atoms with Gasteiger partial charge in [0.2, 0.25) is 0 Å². The first-order chi connectivity index (χ1) is 11.5. The van der Waals surface area contributed by atoms with E-state index in [9.17, 15) is 14.5 Å². The summed E-state index contributed by atoms with van der Waals surface area (Å²) in [7, 11) is 1.70. The van der Waals surface area contributed by atoms with Gasteiger partial charge in [-0.1, -0.05) is 18.2 Å². The van der Waals surface area contributed by atoms with Gasteiger partial charge >= 0.3 is 0 Å². The number of halogens is 1. The zero-order chi connectivity index (χ0) is 17.3. The second-order valence-corrected chi connectivity index (χ2v) is 6.18. The predicted octanol–water partition coefficient (Wildman–Crippen LogP) is 3.99. The quantitative estimate of drug-likeness (QED) is 0.528. The fraction of sp³-hybridized carbons (Fsp3) is 0.125. The molecule has 0 aliphatic carbocycles. The largest absolute Gasteiger partial charge is 0.305 e. The number of nitro groups is 1. The maximum absolute atomic E-state index is 13.9. The molecule has 0 amide bonds. The Labute approximate surface area is 141 Å². The van der Waals surface area contributed by atoms with Crippen molar-refractivity contribution in [2.24, 2.45) is 7.05 Å². The number of aryl methyl sites for hydroxylation is 1. The van der Waals surface area contributed by atoms with E-state index in [1.165, 1.54) is 12.1 Å². The van der Waals surface area contributed by atoms with Crippen LogP contribution in [0.5, 0.6) is 0 Å². The van der Waals surface area contributed by atoms with Crippen LogP contribution in [-0.4, -0.2) is 19.7 Å². The molecule has 0 bridgehead atoms. The predicted molar refractivity (Wildman–Crippen MR) is 88.4 cm³/mol. The van der Waals surface area contributed by atoms with Gasteiger partial charge in [-0.25, -0.2) is 4.39 Å². The molecule has 0 unspecified atom stereocenters. The number of aromatic nitrogens is 3. The maximum atomic E-state index is 13.9. The van der Waals surface area contributed by atoms with Gasteiger partial charge in [-0.15, -0.1) is 10.2 Å². The molecule has 0 atom stereocenters. The highest BCUT2D eigenvalue weighted by molar-refractivity contribution is 7.99. The Balaban J connectivity index is 1.99. The standard InChI is InChI=1S/C16H13FN4O2S/c1-10-7-8-14(13(9-10)21(22)23)24-16-19-18-15(20(16)2)11-5-3-4-6-12(11)17/h3-9H,1-2H3. The van der Waals surface area contributed by atoms with Gasteiger partial charge in [-0.3, -0.25) is 10.1 Å². The molecule has 0 fully saturated rings. The lowest BCUT2D eigenvalue weighted by molar-refractivity contribution is -0.387. The van der Waals surface area contributed by atoms with Crippen molar-refractivity contribution in [1.82, 2.24) is 14.8 Å². The number of nitro benzene ring substituents is 1. The summed E-state index contributed by atoms with van der Waals surface area (Å²) in [4.78, 5) is 11.3. The molecule has 1 heterocycles. The van der Waals surface area contributed by atoms with Crippen molar-refractivity contribution in [2.75, 3.05) is 0 Å². The molecule has 0 N–H and O–H groups in total. The normalized spacial score (nSPS) is 10.8. The lowest BCUT2D eigenvalue weighted by atomic mass is 10.2. The molecular formula is C16H13FN4O2S. The number of hydrogen-bond acceptors (Lipinski definition) is 5. The zero-order valence-corrected chi connectivity index (χ0v) is 13.7. The summed E-state index contributed by atoms with van der Waals surface area (Å²) in [6, 6.07) is 11.3. The zero-order valence-electron chi connectivity index (χ0n) is 12.9. The van der Waals surface area contributed by atoms with E-state index >= 15 is 0 Å². The summed E-state index contributed by atoms with van der Waals surface area (Å²) in [5.41, 5.74) is 1.14. The van der Waals surface area contributed by atoms with Crippen LogP contribution in [0.3, 0.4) is 0 Å². The van der Waals surface area contributed by atoms with E-state index in [1.54, 1.807) is 48.9 Å². The van der Waals surface area contributed by atoms with E-state index in [2.05, 4.69) is 10.2 Å². The second kappa shape index (κ2) is 6.40. The van der Waals surface area contributed by atoms with Crippen molar-refractivity contribution in [2.45, 2.75) is 17.0 Å². The summed E-state index contributed by atoms with van der Waals surface area (Å²) in [6.07, 6.45) is 0. The Hall–Kier alpha value is -2.74. The molecule has 1 aromatic heterocycles. The molecule has 0 aliphatic rings. The fourth-order valence-corrected chi connectivity index (χ4v) is 3.11. The molecule has 0 radical (unpaired) electrons. The Morgan fingerprint density at radius 2 is 1.96 bits per heavy atom. The molecule has 24 heavy (non-hydrogen) atoms. The third kappa shape index (κ3) is 3.00. The van der Waals surface area contributed by atoms with E-state index in [-0.39, 0.29) is 5.69 Å². The van der Waals surface area contributed by atoms with Gasteiger partial charge in [0.15, 0.2) is 11.0 Å². The first-order valence-corrected chi connectivity index (χ1v) is 7.86. The Morgan fingerprint density at radius 3 is 2.67 bits per heavy atom. The van der Waals surface area contributed by atoms with Crippen molar-refractivity contribution < 1.29 is 9.31 Å². The molecule has 122 valence electrons. The number of rotatable bonds is 4. The van der Waals surface area contributed by atoms with Crippen LogP contribution < -0.4 is 0 Å². The second-order valence-electron chi connectivity index (χ2n) is 5.18. The van der Waals surface area contributed by atoms with Crippen molar-refractivity contribution in [3.05, 3.63) is 64.0 Å². The SMILES string of the molecule is Cc1ccc(Sc2nnc(-c3ccccc3F)n2C)c([N+](=O)[O-])c1. The minimum Gasteiger partial charge on any atom is -0.305 e. The van der Waals surface area contributed by atoms with Gasteiger partial charge < -0.3 is 4.57 Å². The van der Waals surface area contributed by atoms with E-state index < -0.39 is 10.7 Å². The number of benzene rings is 2. The van der Waals surface area contributed by atoms with Crippen LogP contribution in [0.25, 0.3) is 11.4 Å². The van der Waals surface area contributed by atoms with Crippen molar-refractivity contribution in [3.63, 3.8) is 0 Å². The van der Waals surface area contributed by atoms with Crippen LogP contribution >= 0.6 is 11.8 Å². The summed E-state index contributed by atoms with van der Waals surface area (Å²) in [5, 5.41) is 19.7. The molecule has 2 aromatic carbocycles. The highest BCUT2D eigenvalue weighted by atomic mass is 32.2. The van der Waals surface area contributed by atoms with Gasteiger partial charge in [-0.05, 0) is 42.4 Å². The van der Waals surface area contributed by atoms with Gasteiger partial charge in [0, 0.05) is 13.1 Å². The highest BCUT2D eigenvalue weighted by Crippen LogP contribution is 2.35. The van der Waals surface area contributed by atoms with Crippen LogP contribution in [0, 0.1) is 22.9 Å². The maximum Gasteiger partial charge on any atom is 0.283 e. The summed E-state index contributed by atoms with van der Waals surface area (Å²) >= 11 is 1.12. The van der Waals surface area contributed by atoms with Crippen molar-refractivity contribution in [3.8, 4) is 11.4 Å². The molecule has 0 spiro atoms. The van der Waals surface area contributed by atoms with Gasteiger partial charge in [0.1, 0.15) is 5.82 Å². The third-order valence-corrected chi connectivity index (χ3v) is 4.57. The van der Waals surface area contributed by atoms with E-state index in [0.717, 1.165) is 17.3 Å². The van der Waals surface area contributed by atoms with Crippen molar-refractivity contribution in [1.29, 1.82) is 0 Å². The lowest BCUT2D eigenvalue weighted by Crippen LogP contribution is -1.97. The molecule has 0 saturated carbocycles. The third-order valence-electron chi connectivity index (χ3n) is 3.46. The smallest absolute Gasteiger partial charge is 0.283 e. The Morgan fingerprint density at radius 1 is 1.21 bits per heavy atom. The summed E-state index contributed by atoms with van der Waals surface area (Å²) in [6.45, 7) is 1.79. The molecule has 6 nitrogen and oxygen atoms in total. The molecule has 3 rings (SSSR count). The van der Waals surface area contributed by atoms with Crippen LogP contribution in [0.4, 0.5) is 10.1 Å². The molecule has 0 saturated heterocycles. The average Bonchev–Trinajstić information content (AvgIpc) is 2.90. The van der Waals surface area contributed by atoms with Gasteiger partial charge in [0.05, 0.1) is 15.4 Å². The van der Waals surface area contributed by atoms with Crippen LogP contribution in [0.1, 0.15) is 5.56 Å². The molecule has 3 aromatic rings. The molecule has 8 heteroatoms. The van der Waals surface area contributed by atoms with Crippen LogP contribution in [0.15, 0.2) is 52.5 Å². The fourth-order valence-electron chi connectivity index (χ4n) is 2.24. The van der Waals surface area contributed by atoms with E-state index in [4.69, 9.17) is 0 Å². The van der Waals surface area contributed by atoms with E-state index in [0.29, 0.717) is 21.4 Å². The minimum absolute atomic E-state index is 0.00967. The minimum atomic E-state index is -0.427. The monoisotopic (exact) mass is 344 g/mol. The Kier molecular flexibility index (Phi) is 4.30. The first kappa shape index (κ1) is 16.1. The first-order valence-electron chi connectivity index (χ1n) is 7.04. The highest BCUT2D eigenvalue weighted by Gasteiger charge is 2.19. The van der Waals surface area contributed by atoms with Gasteiger partial charge in [0.25, 0.3) is 5.69 Å². The van der Waals surface area contributed by atoms with Crippen molar-refractivity contribution >= 4 is 17.4 Å². The molecule has 0 aliphatic heterocycles. The Bertz CT molecular complexity index is 926. The average molecular weight is 344 g/mol. The summed E-state index contributed by atoms with van der Waals surface area (Å²) < 4.78 is 15.5. The number of hydrogen-bond donors (Lipinski definition) is 0.